The molecule has 0 radical (unpaired) electrons. The maximum atomic E-state index is 12.5. The van der Waals surface area contributed by atoms with E-state index < -0.39 is 11.1 Å². The van der Waals surface area contributed by atoms with E-state index in [-0.39, 0.29) is 11.3 Å². The first-order chi connectivity index (χ1) is 13.1. The average molecular weight is 383 g/mol. The highest BCUT2D eigenvalue weighted by molar-refractivity contribution is 7.78. The van der Waals surface area contributed by atoms with Crippen LogP contribution in [0.5, 0.6) is 0 Å². The Morgan fingerprint density at radius 1 is 1.07 bits per heavy atom. The second-order valence-electron chi connectivity index (χ2n) is 7.70. The van der Waals surface area contributed by atoms with Crippen molar-refractivity contribution in [3.63, 3.8) is 0 Å². The first kappa shape index (κ1) is 18.4. The molecule has 1 aromatic heterocycles. The maximum Gasteiger partial charge on any atom is 0.251 e. The lowest BCUT2D eigenvalue weighted by atomic mass is 9.95. The van der Waals surface area contributed by atoms with Gasteiger partial charge >= 0.3 is 0 Å². The van der Waals surface area contributed by atoms with Gasteiger partial charge in [0.1, 0.15) is 0 Å². The molecule has 1 aromatic carbocycles. The average Bonchev–Trinajstić information content (AvgIpc) is 3.35. The summed E-state index contributed by atoms with van der Waals surface area (Å²) in [5.74, 6) is 0.979. The van der Waals surface area contributed by atoms with Crippen LogP contribution in [0.4, 0.5) is 0 Å². The molecule has 1 heterocycles. The summed E-state index contributed by atoms with van der Waals surface area (Å²) in [4.78, 5) is 15.6. The molecule has 2 saturated carbocycles. The quantitative estimate of drug-likeness (QED) is 0.759. The summed E-state index contributed by atoms with van der Waals surface area (Å²) in [6, 6.07) is 11.6. The molecule has 1 atom stereocenters. The molecule has 2 aliphatic rings. The minimum atomic E-state index is -2.09. The van der Waals surface area contributed by atoms with Gasteiger partial charge in [0.2, 0.25) is 0 Å². The summed E-state index contributed by atoms with van der Waals surface area (Å²) in [5, 5.41) is 0. The van der Waals surface area contributed by atoms with Crippen LogP contribution in [0.25, 0.3) is 5.57 Å². The van der Waals surface area contributed by atoms with Crippen LogP contribution in [-0.4, -0.2) is 13.7 Å². The molecule has 0 aliphatic heterocycles. The highest BCUT2D eigenvalue weighted by Gasteiger charge is 2.26. The van der Waals surface area contributed by atoms with Crippen molar-refractivity contribution in [2.24, 2.45) is 5.92 Å². The number of aromatic nitrogens is 1. The van der Waals surface area contributed by atoms with Crippen LogP contribution in [0.2, 0.25) is 0 Å². The molecule has 0 spiro atoms. The van der Waals surface area contributed by atoms with Gasteiger partial charge in [-0.25, -0.2) is 0 Å². The van der Waals surface area contributed by atoms with E-state index in [9.17, 15) is 13.6 Å². The van der Waals surface area contributed by atoms with Crippen molar-refractivity contribution in [2.75, 3.05) is 0 Å². The number of nitrogens with one attached hydrogen (secondary N) is 1. The summed E-state index contributed by atoms with van der Waals surface area (Å²) in [6.07, 6.45) is 9.36. The standard InChI is InChI=1S/C22H25NO3S/c24-22-19(17-9-10-17)11-12-21(23-22)20(13-15-3-1-2-4-15)18-7-5-16(6-8-18)14-27(25)26/h5-8,11-13,15,17H,1-4,9-10,14H2,(H,23,24)(H,25,26)/p-1/b20-13+. The van der Waals surface area contributed by atoms with Crippen molar-refractivity contribution >= 4 is 16.7 Å². The minimum Gasteiger partial charge on any atom is -0.772 e. The first-order valence-electron chi connectivity index (χ1n) is 9.71. The van der Waals surface area contributed by atoms with Gasteiger partial charge in [-0.1, -0.05) is 60.3 Å². The van der Waals surface area contributed by atoms with Crippen LogP contribution in [0.1, 0.15) is 66.8 Å². The molecule has 5 heteroatoms. The largest absolute Gasteiger partial charge is 0.772 e. The highest BCUT2D eigenvalue weighted by atomic mass is 32.2. The summed E-state index contributed by atoms with van der Waals surface area (Å²) >= 11 is -2.09. The van der Waals surface area contributed by atoms with Gasteiger partial charge < -0.3 is 9.54 Å². The molecule has 0 saturated heterocycles. The van der Waals surface area contributed by atoms with Gasteiger partial charge in [0.15, 0.2) is 0 Å². The third kappa shape index (κ3) is 4.47. The van der Waals surface area contributed by atoms with E-state index >= 15 is 0 Å². The highest BCUT2D eigenvalue weighted by Crippen LogP contribution is 2.38. The van der Waals surface area contributed by atoms with Gasteiger partial charge in [0.25, 0.3) is 5.56 Å². The Morgan fingerprint density at radius 2 is 1.78 bits per heavy atom. The Morgan fingerprint density at radius 3 is 2.37 bits per heavy atom. The van der Waals surface area contributed by atoms with Crippen LogP contribution in [0, 0.1) is 5.92 Å². The summed E-state index contributed by atoms with van der Waals surface area (Å²) in [7, 11) is 0. The maximum absolute atomic E-state index is 12.5. The van der Waals surface area contributed by atoms with Crippen molar-refractivity contribution in [1.82, 2.24) is 4.98 Å². The minimum absolute atomic E-state index is 0.0192. The third-order valence-corrected chi connectivity index (χ3v) is 6.17. The molecule has 0 bridgehead atoms. The molecule has 0 amide bonds. The van der Waals surface area contributed by atoms with Gasteiger partial charge in [-0.05, 0) is 54.7 Å². The number of rotatable bonds is 6. The Labute approximate surface area is 162 Å². The fourth-order valence-electron chi connectivity index (χ4n) is 3.98. The molecule has 4 nitrogen and oxygen atoms in total. The molecule has 142 valence electrons. The SMILES string of the molecule is O=c1[nH]c(/C(=C/C2CCCC2)c2ccc(CS(=O)[O-])cc2)ccc1C1CC1. The molecule has 4 rings (SSSR count). The van der Waals surface area contributed by atoms with E-state index in [0.717, 1.165) is 40.8 Å². The predicted octanol–water partition coefficient (Wildman–Crippen LogP) is 4.25. The number of benzene rings is 1. The van der Waals surface area contributed by atoms with E-state index in [1.807, 2.05) is 36.4 Å². The van der Waals surface area contributed by atoms with Crippen LogP contribution in [0.3, 0.4) is 0 Å². The van der Waals surface area contributed by atoms with Crippen LogP contribution in [0.15, 0.2) is 47.3 Å². The second-order valence-corrected chi connectivity index (χ2v) is 8.60. The molecular formula is C22H24NO3S-. The Balaban J connectivity index is 1.69. The lowest BCUT2D eigenvalue weighted by molar-refractivity contribution is 0.536. The van der Waals surface area contributed by atoms with Crippen LogP contribution < -0.4 is 5.56 Å². The second kappa shape index (κ2) is 7.95. The Kier molecular flexibility index (Phi) is 5.41. The van der Waals surface area contributed by atoms with Crippen LogP contribution >= 0.6 is 0 Å². The predicted molar refractivity (Wildman–Crippen MR) is 107 cm³/mol. The van der Waals surface area contributed by atoms with Gasteiger partial charge in [0, 0.05) is 22.6 Å². The Hall–Kier alpha value is -1.98. The summed E-state index contributed by atoms with van der Waals surface area (Å²) in [5.41, 5.74) is 4.58. The topological polar surface area (TPSA) is 73.0 Å². The lowest BCUT2D eigenvalue weighted by Crippen LogP contribution is -2.13. The van der Waals surface area contributed by atoms with Crippen molar-refractivity contribution in [3.8, 4) is 0 Å². The van der Waals surface area contributed by atoms with E-state index in [1.54, 1.807) is 0 Å². The molecule has 1 unspecified atom stereocenters. The van der Waals surface area contributed by atoms with Gasteiger partial charge in [-0.15, -0.1) is 0 Å². The van der Waals surface area contributed by atoms with Gasteiger partial charge in [-0.2, -0.15) is 0 Å². The number of pyridine rings is 1. The molecular weight excluding hydrogens is 358 g/mol. The van der Waals surface area contributed by atoms with E-state index in [1.165, 1.54) is 25.7 Å². The lowest BCUT2D eigenvalue weighted by Gasteiger charge is -2.13. The molecule has 2 aliphatic carbocycles. The van der Waals surface area contributed by atoms with Crippen molar-refractivity contribution in [2.45, 2.75) is 50.2 Å². The third-order valence-electron chi connectivity index (χ3n) is 5.60. The number of allylic oxidation sites excluding steroid dienone is 1. The van der Waals surface area contributed by atoms with Gasteiger partial charge in [0.05, 0.1) is 0 Å². The van der Waals surface area contributed by atoms with Crippen molar-refractivity contribution < 1.29 is 8.76 Å². The van der Waals surface area contributed by atoms with Crippen molar-refractivity contribution in [1.29, 1.82) is 0 Å². The van der Waals surface area contributed by atoms with E-state index in [2.05, 4.69) is 11.1 Å². The monoisotopic (exact) mass is 382 g/mol. The fraction of sp³-hybridized carbons (Fsp3) is 0.409. The van der Waals surface area contributed by atoms with E-state index in [4.69, 9.17) is 0 Å². The molecule has 2 aromatic rings. The zero-order valence-electron chi connectivity index (χ0n) is 15.3. The van der Waals surface area contributed by atoms with Crippen molar-refractivity contribution in [3.05, 3.63) is 75.2 Å². The molecule has 2 fully saturated rings. The fourth-order valence-corrected chi connectivity index (χ4v) is 4.44. The first-order valence-corrected chi connectivity index (χ1v) is 10.9. The smallest absolute Gasteiger partial charge is 0.251 e. The molecule has 1 N–H and O–H groups in total. The number of H-pyrrole nitrogens is 1. The molecule has 27 heavy (non-hydrogen) atoms. The Bertz CT molecular complexity index is 919. The van der Waals surface area contributed by atoms with E-state index in [0.29, 0.717) is 11.8 Å². The summed E-state index contributed by atoms with van der Waals surface area (Å²) < 4.78 is 21.8. The number of hydrogen-bond donors (Lipinski definition) is 1. The normalized spacial score (nSPS) is 19.4. The summed E-state index contributed by atoms with van der Waals surface area (Å²) in [6.45, 7) is 0. The number of hydrogen-bond acceptors (Lipinski definition) is 3. The van der Waals surface area contributed by atoms with Crippen LogP contribution in [-0.2, 0) is 16.8 Å². The number of aromatic amines is 1. The zero-order valence-corrected chi connectivity index (χ0v) is 16.1. The van der Waals surface area contributed by atoms with Gasteiger partial charge in [-0.3, -0.25) is 9.00 Å². The zero-order chi connectivity index (χ0) is 18.8.